The minimum absolute atomic E-state index is 0. The molecule has 0 radical (unpaired) electrons. The van der Waals surface area contributed by atoms with E-state index in [1.807, 2.05) is 17.0 Å². The summed E-state index contributed by atoms with van der Waals surface area (Å²) in [4.78, 5) is 15.5. The average Bonchev–Trinajstić information content (AvgIpc) is 2.93. The Labute approximate surface area is 118 Å². The summed E-state index contributed by atoms with van der Waals surface area (Å²) >= 11 is 1.70. The lowest BCUT2D eigenvalue weighted by Gasteiger charge is -2.19. The van der Waals surface area contributed by atoms with Gasteiger partial charge >= 0.3 is 0 Å². The van der Waals surface area contributed by atoms with E-state index < -0.39 is 0 Å². The first-order chi connectivity index (χ1) is 8.24. The molecule has 0 aliphatic carbocycles. The van der Waals surface area contributed by atoms with Gasteiger partial charge in [0.05, 0.1) is 5.25 Å². The van der Waals surface area contributed by atoms with Gasteiger partial charge in [-0.3, -0.25) is 4.79 Å². The lowest BCUT2D eigenvalue weighted by atomic mass is 10.1. The molecule has 2 aliphatic rings. The van der Waals surface area contributed by atoms with Crippen LogP contribution in [0.1, 0.15) is 12.0 Å². The van der Waals surface area contributed by atoms with Crippen LogP contribution in [0.4, 0.5) is 0 Å². The highest BCUT2D eigenvalue weighted by Gasteiger charge is 2.33. The van der Waals surface area contributed by atoms with E-state index in [0.29, 0.717) is 0 Å². The van der Waals surface area contributed by atoms with Crippen LogP contribution in [0.5, 0.6) is 0 Å². The molecule has 1 amide bonds. The molecule has 18 heavy (non-hydrogen) atoms. The minimum atomic E-state index is 0. The van der Waals surface area contributed by atoms with Gasteiger partial charge in [0.25, 0.3) is 0 Å². The largest absolute Gasteiger partial charge is 0.340 e. The summed E-state index contributed by atoms with van der Waals surface area (Å²) in [5.41, 5.74) is 7.15. The fourth-order valence-electron chi connectivity index (χ4n) is 2.51. The molecule has 0 spiro atoms. The Kier molecular flexibility index (Phi) is 4.20. The lowest BCUT2D eigenvalue weighted by Crippen LogP contribution is -2.37. The van der Waals surface area contributed by atoms with Gasteiger partial charge in [0.2, 0.25) is 5.91 Å². The second-order valence-electron chi connectivity index (χ2n) is 4.75. The van der Waals surface area contributed by atoms with Gasteiger partial charge in [-0.25, -0.2) is 0 Å². The van der Waals surface area contributed by atoms with Gasteiger partial charge in [0.1, 0.15) is 0 Å². The van der Waals surface area contributed by atoms with Crippen LogP contribution in [0.15, 0.2) is 29.2 Å². The average molecular weight is 285 g/mol. The fourth-order valence-corrected chi connectivity index (χ4v) is 3.79. The van der Waals surface area contributed by atoms with E-state index in [2.05, 4.69) is 12.1 Å². The Bertz CT molecular complexity index is 429. The van der Waals surface area contributed by atoms with Crippen LogP contribution < -0.4 is 5.73 Å². The molecule has 2 aliphatic heterocycles. The summed E-state index contributed by atoms with van der Waals surface area (Å²) in [6, 6.07) is 8.46. The number of hydrogen-bond donors (Lipinski definition) is 1. The Morgan fingerprint density at radius 2 is 2.17 bits per heavy atom. The van der Waals surface area contributed by atoms with E-state index in [9.17, 15) is 4.79 Å². The van der Waals surface area contributed by atoms with Crippen LogP contribution in [-0.2, 0) is 11.2 Å². The summed E-state index contributed by atoms with van der Waals surface area (Å²) in [7, 11) is 0. The van der Waals surface area contributed by atoms with Crippen molar-refractivity contribution in [2.75, 3.05) is 13.1 Å². The topological polar surface area (TPSA) is 46.3 Å². The van der Waals surface area contributed by atoms with Crippen molar-refractivity contribution in [3.8, 4) is 0 Å². The molecule has 2 atom stereocenters. The number of rotatable bonds is 1. The van der Waals surface area contributed by atoms with Crippen molar-refractivity contribution in [2.24, 2.45) is 5.73 Å². The second-order valence-corrected chi connectivity index (χ2v) is 6.00. The van der Waals surface area contributed by atoms with Crippen molar-refractivity contribution < 1.29 is 4.79 Å². The summed E-state index contributed by atoms with van der Waals surface area (Å²) < 4.78 is 0. The third-order valence-corrected chi connectivity index (χ3v) is 4.76. The van der Waals surface area contributed by atoms with E-state index in [1.54, 1.807) is 11.8 Å². The molecular formula is C13H17ClN2OS. The Morgan fingerprint density at radius 3 is 2.83 bits per heavy atom. The normalized spacial score (nSPS) is 25.7. The van der Waals surface area contributed by atoms with Crippen molar-refractivity contribution in [3.63, 3.8) is 0 Å². The molecule has 2 N–H and O–H groups in total. The van der Waals surface area contributed by atoms with Gasteiger partial charge in [0, 0.05) is 24.0 Å². The lowest BCUT2D eigenvalue weighted by molar-refractivity contribution is -0.129. The summed E-state index contributed by atoms with van der Waals surface area (Å²) in [6.45, 7) is 1.56. The predicted octanol–water partition coefficient (Wildman–Crippen LogP) is 1.68. The first kappa shape index (κ1) is 13.7. The Hall–Kier alpha value is -0.710. The molecule has 0 bridgehead atoms. The first-order valence-corrected chi connectivity index (χ1v) is 6.91. The number of fused-ring (bicyclic) bond motifs is 1. The van der Waals surface area contributed by atoms with E-state index in [0.717, 1.165) is 25.9 Å². The number of nitrogens with two attached hydrogens (primary N) is 1. The van der Waals surface area contributed by atoms with Gasteiger partial charge in [-0.15, -0.1) is 24.2 Å². The van der Waals surface area contributed by atoms with E-state index in [1.165, 1.54) is 10.5 Å². The molecule has 0 aromatic heterocycles. The standard InChI is InChI=1S/C13H16N2OS.ClH/c14-10-5-6-15(8-10)13(16)12-7-9-3-1-2-4-11(9)17-12;/h1-4,10,12H,5-8,14H2;1H. The van der Waals surface area contributed by atoms with Gasteiger partial charge in [-0.1, -0.05) is 18.2 Å². The maximum atomic E-state index is 12.3. The zero-order chi connectivity index (χ0) is 11.8. The highest BCUT2D eigenvalue weighted by atomic mass is 35.5. The van der Waals surface area contributed by atoms with E-state index >= 15 is 0 Å². The quantitative estimate of drug-likeness (QED) is 0.854. The molecule has 3 rings (SSSR count). The van der Waals surface area contributed by atoms with Crippen molar-refractivity contribution in [1.29, 1.82) is 0 Å². The highest BCUT2D eigenvalue weighted by Crippen LogP contribution is 2.37. The number of nitrogens with zero attached hydrogens (tertiary/aromatic N) is 1. The fraction of sp³-hybridized carbons (Fsp3) is 0.462. The third-order valence-electron chi connectivity index (χ3n) is 3.46. The maximum absolute atomic E-state index is 12.3. The molecule has 1 aromatic rings. The molecule has 2 unspecified atom stereocenters. The van der Waals surface area contributed by atoms with Crippen LogP contribution >= 0.6 is 24.2 Å². The summed E-state index contributed by atoms with van der Waals surface area (Å²) in [5.74, 6) is 0.263. The van der Waals surface area contributed by atoms with Crippen LogP contribution in [-0.4, -0.2) is 35.2 Å². The van der Waals surface area contributed by atoms with Gasteiger partial charge in [-0.2, -0.15) is 0 Å². The van der Waals surface area contributed by atoms with Crippen LogP contribution in [0.3, 0.4) is 0 Å². The van der Waals surface area contributed by atoms with Gasteiger partial charge in [-0.05, 0) is 24.5 Å². The van der Waals surface area contributed by atoms with Crippen LogP contribution in [0.25, 0.3) is 0 Å². The molecule has 2 heterocycles. The number of thioether (sulfide) groups is 1. The number of halogens is 1. The number of benzene rings is 1. The number of likely N-dealkylation sites (tertiary alicyclic amines) is 1. The van der Waals surface area contributed by atoms with E-state index in [4.69, 9.17) is 5.73 Å². The van der Waals surface area contributed by atoms with Crippen molar-refractivity contribution in [3.05, 3.63) is 29.8 Å². The minimum Gasteiger partial charge on any atom is -0.340 e. The molecule has 1 fully saturated rings. The smallest absolute Gasteiger partial charge is 0.236 e. The molecule has 1 aromatic carbocycles. The van der Waals surface area contributed by atoms with Crippen molar-refractivity contribution in [2.45, 2.75) is 29.0 Å². The Morgan fingerprint density at radius 1 is 1.39 bits per heavy atom. The molecular weight excluding hydrogens is 268 g/mol. The summed E-state index contributed by atoms with van der Waals surface area (Å²) in [5, 5.41) is 0.0673. The zero-order valence-corrected chi connectivity index (χ0v) is 11.7. The van der Waals surface area contributed by atoms with E-state index in [-0.39, 0.29) is 29.6 Å². The highest BCUT2D eigenvalue weighted by molar-refractivity contribution is 8.01. The molecule has 1 saturated heterocycles. The number of carbonyl (C=O) groups excluding carboxylic acids is 1. The predicted molar refractivity (Wildman–Crippen MR) is 76.2 cm³/mol. The number of carbonyl (C=O) groups is 1. The molecule has 98 valence electrons. The number of hydrogen-bond acceptors (Lipinski definition) is 3. The van der Waals surface area contributed by atoms with Crippen molar-refractivity contribution in [1.82, 2.24) is 4.90 Å². The van der Waals surface area contributed by atoms with Crippen LogP contribution in [0.2, 0.25) is 0 Å². The van der Waals surface area contributed by atoms with Crippen LogP contribution in [0, 0.1) is 0 Å². The monoisotopic (exact) mass is 284 g/mol. The number of amides is 1. The zero-order valence-electron chi connectivity index (χ0n) is 10.0. The van der Waals surface area contributed by atoms with Gasteiger partial charge in [0.15, 0.2) is 0 Å². The molecule has 3 nitrogen and oxygen atoms in total. The summed E-state index contributed by atoms with van der Waals surface area (Å²) in [6.07, 6.45) is 1.81. The SMILES string of the molecule is Cl.NC1CCN(C(=O)C2Cc3ccccc3S2)C1. The third kappa shape index (κ3) is 2.51. The second kappa shape index (κ2) is 5.51. The maximum Gasteiger partial charge on any atom is 0.236 e. The van der Waals surface area contributed by atoms with Gasteiger partial charge < -0.3 is 10.6 Å². The molecule has 5 heteroatoms. The first-order valence-electron chi connectivity index (χ1n) is 6.03. The molecule has 0 saturated carbocycles. The van der Waals surface area contributed by atoms with Crippen molar-refractivity contribution >= 4 is 30.1 Å². The Balaban J connectivity index is 0.00000120.